The summed E-state index contributed by atoms with van der Waals surface area (Å²) in [6.45, 7) is 0. The van der Waals surface area contributed by atoms with Gasteiger partial charge in [0.1, 0.15) is 5.75 Å². The first kappa shape index (κ1) is 14.8. The van der Waals surface area contributed by atoms with E-state index in [1.54, 1.807) is 18.2 Å². The molecular weight excluding hydrogens is 278 g/mol. The molecule has 0 aromatic heterocycles. The molecule has 0 bridgehead atoms. The number of benzene rings is 1. The normalized spacial score (nSPS) is 16.1. The van der Waals surface area contributed by atoms with Crippen LogP contribution < -0.4 is 9.04 Å². The number of rotatable bonds is 5. The second-order valence-corrected chi connectivity index (χ2v) is 7.11. The van der Waals surface area contributed by atoms with Crippen molar-refractivity contribution in [2.24, 2.45) is 0 Å². The lowest BCUT2D eigenvalue weighted by Crippen LogP contribution is -2.25. The van der Waals surface area contributed by atoms with Gasteiger partial charge in [-0.1, -0.05) is 0 Å². The Balaban J connectivity index is 2.25. The zero-order valence-corrected chi connectivity index (χ0v) is 12.5. The highest BCUT2D eigenvalue weighted by molar-refractivity contribution is 7.92. The minimum Gasteiger partial charge on any atom is -0.490 e. The Bertz CT molecular complexity index is 591. The summed E-state index contributed by atoms with van der Waals surface area (Å²) >= 11 is 0. The molecule has 1 aromatic rings. The van der Waals surface area contributed by atoms with Crippen LogP contribution in [0.25, 0.3) is 0 Å². The largest absolute Gasteiger partial charge is 0.490 e. The van der Waals surface area contributed by atoms with E-state index in [2.05, 4.69) is 0 Å². The zero-order chi connectivity index (χ0) is 14.8. The van der Waals surface area contributed by atoms with Gasteiger partial charge in [-0.2, -0.15) is 0 Å². The van der Waals surface area contributed by atoms with E-state index in [9.17, 15) is 13.2 Å². The monoisotopic (exact) mass is 297 g/mol. The first-order valence-electron chi connectivity index (χ1n) is 6.61. The van der Waals surface area contributed by atoms with E-state index >= 15 is 0 Å². The number of anilines is 1. The fourth-order valence-corrected chi connectivity index (χ4v) is 2.80. The molecule has 1 aliphatic rings. The van der Waals surface area contributed by atoms with Gasteiger partial charge in [-0.15, -0.1) is 0 Å². The summed E-state index contributed by atoms with van der Waals surface area (Å²) in [6, 6.07) is 4.86. The molecule has 20 heavy (non-hydrogen) atoms. The average Bonchev–Trinajstić information content (AvgIpc) is 2.90. The number of nitrogens with zero attached hydrogens (tertiary/aromatic N) is 1. The third kappa shape index (κ3) is 3.30. The van der Waals surface area contributed by atoms with Crippen molar-refractivity contribution in [2.45, 2.75) is 31.8 Å². The highest BCUT2D eigenvalue weighted by Crippen LogP contribution is 2.29. The van der Waals surface area contributed by atoms with Crippen LogP contribution in [0.5, 0.6) is 5.75 Å². The van der Waals surface area contributed by atoms with Crippen molar-refractivity contribution in [3.8, 4) is 5.75 Å². The fraction of sp³-hybridized carbons (Fsp3) is 0.500. The smallest absolute Gasteiger partial charge is 0.231 e. The molecule has 0 heterocycles. The third-order valence-electron chi connectivity index (χ3n) is 3.58. The molecule has 0 amide bonds. The van der Waals surface area contributed by atoms with Crippen molar-refractivity contribution in [1.82, 2.24) is 0 Å². The van der Waals surface area contributed by atoms with E-state index in [4.69, 9.17) is 4.74 Å². The number of ether oxygens (including phenoxy) is 1. The second-order valence-electron chi connectivity index (χ2n) is 5.09. The topological polar surface area (TPSA) is 63.7 Å². The van der Waals surface area contributed by atoms with Gasteiger partial charge >= 0.3 is 0 Å². The Hall–Kier alpha value is -1.56. The van der Waals surface area contributed by atoms with E-state index in [1.165, 1.54) is 7.05 Å². The lowest BCUT2D eigenvalue weighted by Gasteiger charge is -2.19. The molecule has 0 unspecified atom stereocenters. The summed E-state index contributed by atoms with van der Waals surface area (Å²) in [5.41, 5.74) is 0.832. The van der Waals surface area contributed by atoms with Crippen molar-refractivity contribution < 1.29 is 17.9 Å². The lowest BCUT2D eigenvalue weighted by atomic mass is 10.2. The van der Waals surface area contributed by atoms with Crippen molar-refractivity contribution in [2.75, 3.05) is 17.6 Å². The predicted molar refractivity (Wildman–Crippen MR) is 78.0 cm³/mol. The van der Waals surface area contributed by atoms with Crippen LogP contribution in [0.4, 0.5) is 5.69 Å². The summed E-state index contributed by atoms with van der Waals surface area (Å²) < 4.78 is 30.0. The van der Waals surface area contributed by atoms with Gasteiger partial charge < -0.3 is 4.74 Å². The number of hydrogen-bond acceptors (Lipinski definition) is 4. The number of hydrogen-bond donors (Lipinski definition) is 0. The fourth-order valence-electron chi connectivity index (χ4n) is 2.31. The van der Waals surface area contributed by atoms with Crippen molar-refractivity contribution in [3.63, 3.8) is 0 Å². The number of carbonyl (C=O) groups excluding carboxylic acids is 1. The highest BCUT2D eigenvalue weighted by atomic mass is 32.2. The minimum absolute atomic E-state index is 0.159. The van der Waals surface area contributed by atoms with Gasteiger partial charge in [-0.05, 0) is 43.9 Å². The molecule has 5 nitrogen and oxygen atoms in total. The molecule has 0 radical (unpaired) electrons. The quantitative estimate of drug-likeness (QED) is 0.782. The van der Waals surface area contributed by atoms with Crippen molar-refractivity contribution in [3.05, 3.63) is 23.8 Å². The Morgan fingerprint density at radius 1 is 1.30 bits per heavy atom. The summed E-state index contributed by atoms with van der Waals surface area (Å²) in [4.78, 5) is 11.2. The summed E-state index contributed by atoms with van der Waals surface area (Å²) in [5, 5.41) is 0. The highest BCUT2D eigenvalue weighted by Gasteiger charge is 2.19. The van der Waals surface area contributed by atoms with Crippen LogP contribution in [0.15, 0.2) is 18.2 Å². The van der Waals surface area contributed by atoms with Crippen LogP contribution in [0.1, 0.15) is 36.0 Å². The van der Waals surface area contributed by atoms with Crippen LogP contribution >= 0.6 is 0 Å². The van der Waals surface area contributed by atoms with Crippen LogP contribution in [0.3, 0.4) is 0 Å². The molecule has 6 heteroatoms. The molecule has 1 aliphatic carbocycles. The molecule has 110 valence electrons. The van der Waals surface area contributed by atoms with E-state index in [-0.39, 0.29) is 6.10 Å². The lowest BCUT2D eigenvalue weighted by molar-refractivity contribution is 0.111. The maximum Gasteiger partial charge on any atom is 0.231 e. The molecule has 1 saturated carbocycles. The first-order valence-corrected chi connectivity index (χ1v) is 8.46. The Morgan fingerprint density at radius 3 is 2.50 bits per heavy atom. The predicted octanol–water partition coefficient (Wildman–Crippen LogP) is 2.22. The molecule has 0 atom stereocenters. The summed E-state index contributed by atoms with van der Waals surface area (Å²) in [6.07, 6.45) is 6.28. The maximum atomic E-state index is 11.5. The zero-order valence-electron chi connectivity index (χ0n) is 11.7. The minimum atomic E-state index is -3.34. The standard InChI is InChI=1S/C14H19NO4S/c1-15(20(2,17)18)12-7-8-14(11(9-12)10-16)19-13-5-3-4-6-13/h7-10,13H,3-6H2,1-2H3. The maximum absolute atomic E-state index is 11.5. The Labute approximate surface area is 119 Å². The van der Waals surface area contributed by atoms with Gasteiger partial charge in [0.15, 0.2) is 6.29 Å². The van der Waals surface area contributed by atoms with Gasteiger partial charge in [0.05, 0.1) is 23.6 Å². The van der Waals surface area contributed by atoms with E-state index in [0.29, 0.717) is 23.3 Å². The van der Waals surface area contributed by atoms with Gasteiger partial charge in [-0.3, -0.25) is 9.10 Å². The molecule has 2 rings (SSSR count). The van der Waals surface area contributed by atoms with E-state index in [1.807, 2.05) is 0 Å². The Morgan fingerprint density at radius 2 is 1.95 bits per heavy atom. The van der Waals surface area contributed by atoms with E-state index in [0.717, 1.165) is 36.2 Å². The van der Waals surface area contributed by atoms with Crippen molar-refractivity contribution >= 4 is 22.0 Å². The Kier molecular flexibility index (Phi) is 4.32. The van der Waals surface area contributed by atoms with E-state index < -0.39 is 10.0 Å². The van der Waals surface area contributed by atoms with Gasteiger partial charge in [0.2, 0.25) is 10.0 Å². The number of sulfonamides is 1. The molecule has 0 spiro atoms. The number of carbonyl (C=O) groups is 1. The van der Waals surface area contributed by atoms with Gasteiger partial charge in [0, 0.05) is 7.05 Å². The number of aldehydes is 1. The second kappa shape index (κ2) is 5.83. The molecular formula is C14H19NO4S. The van der Waals surface area contributed by atoms with Crippen LogP contribution in [-0.4, -0.2) is 34.1 Å². The molecule has 1 fully saturated rings. The van der Waals surface area contributed by atoms with Gasteiger partial charge in [0.25, 0.3) is 0 Å². The van der Waals surface area contributed by atoms with Crippen LogP contribution in [0, 0.1) is 0 Å². The molecule has 0 N–H and O–H groups in total. The third-order valence-corrected chi connectivity index (χ3v) is 4.78. The van der Waals surface area contributed by atoms with Gasteiger partial charge in [-0.25, -0.2) is 8.42 Å². The SMILES string of the molecule is CN(c1ccc(OC2CCCC2)c(C=O)c1)S(C)(=O)=O. The van der Waals surface area contributed by atoms with Crippen LogP contribution in [-0.2, 0) is 10.0 Å². The summed E-state index contributed by atoms with van der Waals surface area (Å²) in [5.74, 6) is 0.526. The van der Waals surface area contributed by atoms with Crippen molar-refractivity contribution in [1.29, 1.82) is 0 Å². The average molecular weight is 297 g/mol. The first-order chi connectivity index (χ1) is 9.41. The molecule has 1 aromatic carbocycles. The molecule has 0 aliphatic heterocycles. The van der Waals surface area contributed by atoms with Crippen LogP contribution in [0.2, 0.25) is 0 Å². The summed E-state index contributed by atoms with van der Waals surface area (Å²) in [7, 11) is -1.88. The molecule has 0 saturated heterocycles.